The molecule has 160 valence electrons. The van der Waals surface area contributed by atoms with Crippen LogP contribution < -0.4 is 9.47 Å². The van der Waals surface area contributed by atoms with Crippen molar-refractivity contribution in [3.63, 3.8) is 0 Å². The predicted octanol–water partition coefficient (Wildman–Crippen LogP) is 2.29. The highest BCUT2D eigenvalue weighted by molar-refractivity contribution is 8.00. The standard InChI is InChI=1S/C21H20N4O4S2/c26-18(12-31-20-14-5-10-30-19(14)22-13-23-20)24-6-8-25(9-7-24)21(27)17-11-28-15-3-1-2-4-16(15)29-17/h1-5,10,13,17H,6-9,11-12H2. The monoisotopic (exact) mass is 456 g/mol. The van der Waals surface area contributed by atoms with Crippen LogP contribution in [0.4, 0.5) is 0 Å². The predicted molar refractivity (Wildman–Crippen MR) is 118 cm³/mol. The van der Waals surface area contributed by atoms with E-state index in [1.54, 1.807) is 27.2 Å². The summed E-state index contributed by atoms with van der Waals surface area (Å²) in [5, 5.41) is 3.78. The number of piperazine rings is 1. The maximum absolute atomic E-state index is 12.8. The number of thiophene rings is 1. The molecule has 1 aromatic carbocycles. The largest absolute Gasteiger partial charge is 0.485 e. The van der Waals surface area contributed by atoms with Crippen molar-refractivity contribution in [2.75, 3.05) is 38.5 Å². The van der Waals surface area contributed by atoms with E-state index < -0.39 is 6.10 Å². The number of benzene rings is 1. The van der Waals surface area contributed by atoms with Crippen LogP contribution >= 0.6 is 23.1 Å². The summed E-state index contributed by atoms with van der Waals surface area (Å²) in [7, 11) is 0. The summed E-state index contributed by atoms with van der Waals surface area (Å²) < 4.78 is 11.5. The fourth-order valence-electron chi connectivity index (χ4n) is 3.62. The van der Waals surface area contributed by atoms with E-state index in [-0.39, 0.29) is 18.4 Å². The van der Waals surface area contributed by atoms with Gasteiger partial charge in [0.1, 0.15) is 22.8 Å². The molecule has 5 rings (SSSR count). The van der Waals surface area contributed by atoms with Gasteiger partial charge in [0.05, 0.1) is 5.75 Å². The Morgan fingerprint density at radius 3 is 2.68 bits per heavy atom. The Hall–Kier alpha value is -2.85. The van der Waals surface area contributed by atoms with Crippen molar-refractivity contribution in [3.05, 3.63) is 42.0 Å². The van der Waals surface area contributed by atoms with Gasteiger partial charge in [-0.1, -0.05) is 23.9 Å². The van der Waals surface area contributed by atoms with Gasteiger partial charge in [0.2, 0.25) is 12.0 Å². The second-order valence-electron chi connectivity index (χ2n) is 7.18. The van der Waals surface area contributed by atoms with Crippen molar-refractivity contribution >= 4 is 45.1 Å². The SMILES string of the molecule is O=C(CSc1ncnc2sccc12)N1CCN(C(=O)C2COc3ccccc3O2)CC1. The van der Waals surface area contributed by atoms with Crippen LogP contribution in [0.5, 0.6) is 11.5 Å². The highest BCUT2D eigenvalue weighted by Crippen LogP contribution is 2.31. The van der Waals surface area contributed by atoms with Gasteiger partial charge in [-0.15, -0.1) is 11.3 Å². The molecule has 1 unspecified atom stereocenters. The lowest BCUT2D eigenvalue weighted by molar-refractivity contribution is -0.145. The third-order valence-electron chi connectivity index (χ3n) is 5.29. The van der Waals surface area contributed by atoms with Crippen molar-refractivity contribution in [1.82, 2.24) is 19.8 Å². The van der Waals surface area contributed by atoms with Gasteiger partial charge in [-0.2, -0.15) is 0 Å². The van der Waals surface area contributed by atoms with E-state index in [1.807, 2.05) is 29.6 Å². The first-order chi connectivity index (χ1) is 15.2. The maximum atomic E-state index is 12.8. The zero-order valence-electron chi connectivity index (χ0n) is 16.6. The van der Waals surface area contributed by atoms with Crippen LogP contribution in [0, 0.1) is 0 Å². The van der Waals surface area contributed by atoms with Gasteiger partial charge in [-0.25, -0.2) is 9.97 Å². The molecule has 0 spiro atoms. The molecule has 0 N–H and O–H groups in total. The first-order valence-electron chi connectivity index (χ1n) is 9.95. The lowest BCUT2D eigenvalue weighted by atomic mass is 10.2. The molecule has 0 bridgehead atoms. The molecular weight excluding hydrogens is 436 g/mol. The van der Waals surface area contributed by atoms with Gasteiger partial charge < -0.3 is 19.3 Å². The Labute approximate surface area is 187 Å². The summed E-state index contributed by atoms with van der Waals surface area (Å²) in [6, 6.07) is 9.31. The van der Waals surface area contributed by atoms with Crippen LogP contribution in [0.25, 0.3) is 10.2 Å². The zero-order valence-corrected chi connectivity index (χ0v) is 18.2. The first-order valence-corrected chi connectivity index (χ1v) is 11.8. The molecule has 3 aromatic rings. The third-order valence-corrected chi connectivity index (χ3v) is 7.10. The number of aromatic nitrogens is 2. The number of rotatable bonds is 4. The quantitative estimate of drug-likeness (QED) is 0.440. The van der Waals surface area contributed by atoms with Crippen molar-refractivity contribution in [1.29, 1.82) is 0 Å². The minimum atomic E-state index is -0.654. The van der Waals surface area contributed by atoms with Gasteiger partial charge in [0.25, 0.3) is 5.91 Å². The number of hydrogen-bond donors (Lipinski definition) is 0. The van der Waals surface area contributed by atoms with Gasteiger partial charge in [-0.3, -0.25) is 9.59 Å². The number of thioether (sulfide) groups is 1. The topological polar surface area (TPSA) is 84.9 Å². The molecule has 0 radical (unpaired) electrons. The van der Waals surface area contributed by atoms with E-state index in [1.165, 1.54) is 18.1 Å². The number of fused-ring (bicyclic) bond motifs is 2. The number of ether oxygens (including phenoxy) is 2. The zero-order chi connectivity index (χ0) is 21.2. The molecule has 0 saturated carbocycles. The smallest absolute Gasteiger partial charge is 0.267 e. The van der Waals surface area contributed by atoms with Crippen molar-refractivity contribution in [3.8, 4) is 11.5 Å². The highest BCUT2D eigenvalue weighted by atomic mass is 32.2. The highest BCUT2D eigenvalue weighted by Gasteiger charge is 2.33. The number of amides is 2. The lowest BCUT2D eigenvalue weighted by Crippen LogP contribution is -2.55. The van der Waals surface area contributed by atoms with Crippen molar-refractivity contribution in [2.24, 2.45) is 0 Å². The second kappa shape index (κ2) is 8.72. The summed E-state index contributed by atoms with van der Waals surface area (Å²) in [5.74, 6) is 1.50. The van der Waals surface area contributed by atoms with Crippen LogP contribution in [0.3, 0.4) is 0 Å². The summed E-state index contributed by atoms with van der Waals surface area (Å²) in [6.45, 7) is 2.18. The average Bonchev–Trinajstić information content (AvgIpc) is 3.31. The molecule has 0 aliphatic carbocycles. The molecule has 2 aliphatic heterocycles. The number of nitrogens with zero attached hydrogens (tertiary/aromatic N) is 4. The van der Waals surface area contributed by atoms with Gasteiger partial charge >= 0.3 is 0 Å². The Morgan fingerprint density at radius 2 is 1.84 bits per heavy atom. The first kappa shape index (κ1) is 20.1. The Morgan fingerprint density at radius 1 is 1.06 bits per heavy atom. The maximum Gasteiger partial charge on any atom is 0.267 e. The molecule has 31 heavy (non-hydrogen) atoms. The normalized spacial score (nSPS) is 18.3. The van der Waals surface area contributed by atoms with Crippen molar-refractivity contribution in [2.45, 2.75) is 11.1 Å². The number of carbonyl (C=O) groups is 2. The molecule has 1 atom stereocenters. The Balaban J connectivity index is 1.13. The number of carbonyl (C=O) groups excluding carboxylic acids is 2. The van der Waals surface area contributed by atoms with Gasteiger partial charge in [-0.05, 0) is 23.6 Å². The summed E-state index contributed by atoms with van der Waals surface area (Å²) in [5.41, 5.74) is 0. The van der Waals surface area contributed by atoms with E-state index in [0.29, 0.717) is 43.4 Å². The van der Waals surface area contributed by atoms with Crippen molar-refractivity contribution < 1.29 is 19.1 Å². The average molecular weight is 457 g/mol. The minimum Gasteiger partial charge on any atom is -0.485 e. The van der Waals surface area contributed by atoms with Crippen LogP contribution in [-0.4, -0.2) is 76.2 Å². The van der Waals surface area contributed by atoms with Crippen LogP contribution in [-0.2, 0) is 9.59 Å². The minimum absolute atomic E-state index is 0.0465. The van der Waals surface area contributed by atoms with E-state index >= 15 is 0 Å². The van der Waals surface area contributed by atoms with Gasteiger partial charge in [0.15, 0.2) is 11.5 Å². The lowest BCUT2D eigenvalue weighted by Gasteiger charge is -2.37. The molecule has 1 saturated heterocycles. The summed E-state index contributed by atoms with van der Waals surface area (Å²) in [6.07, 6.45) is 0.879. The Bertz CT molecular complexity index is 1110. The molecule has 1 fully saturated rings. The molecule has 2 amide bonds. The van der Waals surface area contributed by atoms with E-state index in [9.17, 15) is 9.59 Å². The van der Waals surface area contributed by atoms with Crippen LogP contribution in [0.1, 0.15) is 0 Å². The third kappa shape index (κ3) is 4.17. The molecule has 8 nitrogen and oxygen atoms in total. The fourth-order valence-corrected chi connectivity index (χ4v) is 5.31. The van der Waals surface area contributed by atoms with Gasteiger partial charge in [0, 0.05) is 31.6 Å². The van der Waals surface area contributed by atoms with Crippen LogP contribution in [0.15, 0.2) is 47.1 Å². The van der Waals surface area contributed by atoms with E-state index in [0.717, 1.165) is 15.2 Å². The number of hydrogen-bond acceptors (Lipinski definition) is 8. The van der Waals surface area contributed by atoms with Crippen LogP contribution in [0.2, 0.25) is 0 Å². The fraction of sp³-hybridized carbons (Fsp3) is 0.333. The summed E-state index contributed by atoms with van der Waals surface area (Å²) >= 11 is 2.99. The molecule has 10 heteroatoms. The molecular formula is C21H20N4O4S2. The Kier molecular flexibility index (Phi) is 5.65. The molecule has 2 aromatic heterocycles. The molecule has 4 heterocycles. The second-order valence-corrected chi connectivity index (χ2v) is 9.04. The van der Waals surface area contributed by atoms with E-state index in [4.69, 9.17) is 9.47 Å². The summed E-state index contributed by atoms with van der Waals surface area (Å²) in [4.78, 5) is 38.5. The number of para-hydroxylation sites is 2. The molecule has 2 aliphatic rings. The van der Waals surface area contributed by atoms with E-state index in [2.05, 4.69) is 9.97 Å².